The van der Waals surface area contributed by atoms with Crippen LogP contribution in [0.4, 0.5) is 5.69 Å². The summed E-state index contributed by atoms with van der Waals surface area (Å²) in [7, 11) is 0. The van der Waals surface area contributed by atoms with E-state index < -0.39 is 0 Å². The van der Waals surface area contributed by atoms with Gasteiger partial charge in [0, 0.05) is 24.8 Å². The van der Waals surface area contributed by atoms with Gasteiger partial charge in [-0.25, -0.2) is 0 Å². The minimum Gasteiger partial charge on any atom is -0.508 e. The van der Waals surface area contributed by atoms with Gasteiger partial charge in [-0.3, -0.25) is 0 Å². The van der Waals surface area contributed by atoms with Gasteiger partial charge in [0.1, 0.15) is 5.75 Å². The van der Waals surface area contributed by atoms with Crippen LogP contribution >= 0.6 is 0 Å². The highest BCUT2D eigenvalue weighted by atomic mass is 16.3. The Morgan fingerprint density at radius 3 is 2.67 bits per heavy atom. The molecule has 1 atom stereocenters. The Hall–Kier alpha value is -2.00. The molecule has 0 aliphatic carbocycles. The molecule has 0 radical (unpaired) electrons. The maximum atomic E-state index is 9.52. The van der Waals surface area contributed by atoms with E-state index >= 15 is 0 Å². The van der Waals surface area contributed by atoms with E-state index in [1.807, 2.05) is 24.3 Å². The summed E-state index contributed by atoms with van der Waals surface area (Å²) in [6, 6.07) is 15.7. The highest BCUT2D eigenvalue weighted by Gasteiger charge is 2.22. The quantitative estimate of drug-likeness (QED) is 0.804. The van der Waals surface area contributed by atoms with Gasteiger partial charge < -0.3 is 15.7 Å². The number of benzene rings is 2. The van der Waals surface area contributed by atoms with Gasteiger partial charge >= 0.3 is 0 Å². The van der Waals surface area contributed by atoms with Gasteiger partial charge in [0.2, 0.25) is 0 Å². The Bertz CT molecular complexity index is 554. The second-order valence-corrected chi connectivity index (χ2v) is 4.71. The molecule has 3 heteroatoms. The van der Waals surface area contributed by atoms with E-state index in [-0.39, 0.29) is 11.8 Å². The van der Waals surface area contributed by atoms with Crippen LogP contribution in [0, 0.1) is 0 Å². The zero-order valence-corrected chi connectivity index (χ0v) is 10.1. The first-order valence-corrected chi connectivity index (χ1v) is 6.11. The molecule has 0 aromatic heterocycles. The monoisotopic (exact) mass is 240 g/mol. The molecule has 3 nitrogen and oxygen atoms in total. The molecular formula is C15H16N2O. The predicted molar refractivity (Wildman–Crippen MR) is 72.5 cm³/mol. The molecule has 2 aromatic rings. The number of nitrogens with zero attached hydrogens (tertiary/aromatic N) is 1. The average molecular weight is 240 g/mol. The average Bonchev–Trinajstić information content (AvgIpc) is 2.40. The Labute approximate surface area is 106 Å². The summed E-state index contributed by atoms with van der Waals surface area (Å²) in [6.07, 6.45) is 0. The van der Waals surface area contributed by atoms with Crippen molar-refractivity contribution in [2.24, 2.45) is 5.73 Å². The first-order valence-electron chi connectivity index (χ1n) is 6.11. The molecule has 1 aliphatic rings. The smallest absolute Gasteiger partial charge is 0.115 e. The van der Waals surface area contributed by atoms with E-state index in [1.54, 1.807) is 12.1 Å². The molecule has 0 saturated carbocycles. The SMILES string of the molecule is NC1CN(c2ccccc2)Cc2ccc(O)cc21. The fraction of sp³-hybridized carbons (Fsp3) is 0.200. The van der Waals surface area contributed by atoms with Gasteiger partial charge in [-0.1, -0.05) is 24.3 Å². The van der Waals surface area contributed by atoms with Crippen LogP contribution in [0.25, 0.3) is 0 Å². The first kappa shape index (κ1) is 11.1. The van der Waals surface area contributed by atoms with Crippen molar-refractivity contribution < 1.29 is 5.11 Å². The molecule has 18 heavy (non-hydrogen) atoms. The summed E-state index contributed by atoms with van der Waals surface area (Å²) in [4.78, 5) is 2.27. The molecule has 3 rings (SSSR count). The fourth-order valence-electron chi connectivity index (χ4n) is 2.51. The van der Waals surface area contributed by atoms with Crippen molar-refractivity contribution in [3.8, 4) is 5.75 Å². The number of anilines is 1. The van der Waals surface area contributed by atoms with Crippen molar-refractivity contribution in [1.82, 2.24) is 0 Å². The van der Waals surface area contributed by atoms with E-state index in [4.69, 9.17) is 5.73 Å². The summed E-state index contributed by atoms with van der Waals surface area (Å²) in [5, 5.41) is 9.52. The summed E-state index contributed by atoms with van der Waals surface area (Å²) >= 11 is 0. The van der Waals surface area contributed by atoms with E-state index in [9.17, 15) is 5.11 Å². The fourth-order valence-corrected chi connectivity index (χ4v) is 2.51. The number of hydrogen-bond donors (Lipinski definition) is 2. The molecule has 0 amide bonds. The third kappa shape index (κ3) is 1.93. The van der Waals surface area contributed by atoms with Crippen LogP contribution in [-0.4, -0.2) is 11.7 Å². The number of phenols is 1. The van der Waals surface area contributed by atoms with Gasteiger partial charge in [-0.2, -0.15) is 0 Å². The van der Waals surface area contributed by atoms with Crippen LogP contribution in [0.1, 0.15) is 17.2 Å². The van der Waals surface area contributed by atoms with Gasteiger partial charge in [0.15, 0.2) is 0 Å². The second-order valence-electron chi connectivity index (χ2n) is 4.71. The molecule has 1 aliphatic heterocycles. The Balaban J connectivity index is 1.95. The van der Waals surface area contributed by atoms with Crippen molar-refractivity contribution in [3.63, 3.8) is 0 Å². The molecule has 1 unspecified atom stereocenters. The molecule has 2 aromatic carbocycles. The lowest BCUT2D eigenvalue weighted by Gasteiger charge is -2.34. The van der Waals surface area contributed by atoms with Crippen LogP contribution in [0.3, 0.4) is 0 Å². The minimum atomic E-state index is -0.0546. The maximum absolute atomic E-state index is 9.52. The molecule has 3 N–H and O–H groups in total. The normalized spacial score (nSPS) is 18.5. The third-order valence-corrected chi connectivity index (χ3v) is 3.43. The van der Waals surface area contributed by atoms with E-state index in [0.717, 1.165) is 18.7 Å². The van der Waals surface area contributed by atoms with Crippen LogP contribution in [-0.2, 0) is 6.54 Å². The zero-order chi connectivity index (χ0) is 12.5. The van der Waals surface area contributed by atoms with Gasteiger partial charge in [0.25, 0.3) is 0 Å². The molecular weight excluding hydrogens is 224 g/mol. The van der Waals surface area contributed by atoms with Crippen molar-refractivity contribution in [2.45, 2.75) is 12.6 Å². The molecule has 0 spiro atoms. The highest BCUT2D eigenvalue weighted by Crippen LogP contribution is 2.30. The van der Waals surface area contributed by atoms with E-state index in [0.29, 0.717) is 0 Å². The Kier molecular flexibility index (Phi) is 2.68. The second kappa shape index (κ2) is 4.35. The largest absolute Gasteiger partial charge is 0.508 e. The number of nitrogens with two attached hydrogens (primary N) is 1. The molecule has 1 heterocycles. The van der Waals surface area contributed by atoms with E-state index in [1.165, 1.54) is 11.3 Å². The van der Waals surface area contributed by atoms with Crippen LogP contribution < -0.4 is 10.6 Å². The van der Waals surface area contributed by atoms with E-state index in [2.05, 4.69) is 17.0 Å². The zero-order valence-electron chi connectivity index (χ0n) is 10.1. The number of rotatable bonds is 1. The van der Waals surface area contributed by atoms with Crippen molar-refractivity contribution in [2.75, 3.05) is 11.4 Å². The lowest BCUT2D eigenvalue weighted by atomic mass is 9.95. The highest BCUT2D eigenvalue weighted by molar-refractivity contribution is 5.51. The molecule has 0 bridgehead atoms. The van der Waals surface area contributed by atoms with Gasteiger partial charge in [-0.05, 0) is 35.4 Å². The number of fused-ring (bicyclic) bond motifs is 1. The van der Waals surface area contributed by atoms with Gasteiger partial charge in [-0.15, -0.1) is 0 Å². The number of para-hydroxylation sites is 1. The summed E-state index contributed by atoms with van der Waals surface area (Å²) in [5.41, 5.74) is 9.62. The minimum absolute atomic E-state index is 0.0546. The summed E-state index contributed by atoms with van der Waals surface area (Å²) in [6.45, 7) is 1.62. The van der Waals surface area contributed by atoms with Gasteiger partial charge in [0.05, 0.1) is 0 Å². The molecule has 0 fully saturated rings. The number of aromatic hydroxyl groups is 1. The number of phenolic OH excluding ortho intramolecular Hbond substituents is 1. The standard InChI is InChI=1S/C15H16N2O/c16-15-10-17(12-4-2-1-3-5-12)9-11-6-7-13(18)8-14(11)15/h1-8,15,18H,9-10,16H2. The maximum Gasteiger partial charge on any atom is 0.115 e. The lowest BCUT2D eigenvalue weighted by Crippen LogP contribution is -2.37. The number of hydrogen-bond acceptors (Lipinski definition) is 3. The summed E-state index contributed by atoms with van der Waals surface area (Å²) in [5.74, 6) is 0.289. The van der Waals surface area contributed by atoms with Crippen molar-refractivity contribution in [1.29, 1.82) is 0 Å². The van der Waals surface area contributed by atoms with Crippen LogP contribution in [0.5, 0.6) is 5.75 Å². The lowest BCUT2D eigenvalue weighted by molar-refractivity contribution is 0.472. The van der Waals surface area contributed by atoms with Crippen molar-refractivity contribution in [3.05, 3.63) is 59.7 Å². The van der Waals surface area contributed by atoms with Crippen LogP contribution in [0.15, 0.2) is 48.5 Å². The predicted octanol–water partition coefficient (Wildman–Crippen LogP) is 2.41. The van der Waals surface area contributed by atoms with Crippen LogP contribution in [0.2, 0.25) is 0 Å². The molecule has 92 valence electrons. The molecule has 0 saturated heterocycles. The Morgan fingerprint density at radius 1 is 1.11 bits per heavy atom. The third-order valence-electron chi connectivity index (χ3n) is 3.43. The summed E-state index contributed by atoms with van der Waals surface area (Å²) < 4.78 is 0. The first-order chi connectivity index (χ1) is 8.74. The Morgan fingerprint density at radius 2 is 1.89 bits per heavy atom. The topological polar surface area (TPSA) is 49.5 Å². The van der Waals surface area contributed by atoms with Crippen molar-refractivity contribution >= 4 is 5.69 Å².